The molecule has 1 nitrogen and oxygen atoms in total. The van der Waals surface area contributed by atoms with Crippen LogP contribution >= 0.6 is 0 Å². The zero-order valence-corrected chi connectivity index (χ0v) is 4.43. The predicted octanol–water partition coefficient (Wildman–Crippen LogP) is 1.13. The SMILES string of the molecule is O[C@H]1[CH]CCCC1. The molecular weight excluding hydrogens is 88.1 g/mol. The molecule has 0 heterocycles. The van der Waals surface area contributed by atoms with E-state index in [2.05, 4.69) is 0 Å². The van der Waals surface area contributed by atoms with Crippen LogP contribution in [0, 0.1) is 6.42 Å². The molecule has 1 aliphatic rings. The fraction of sp³-hybridized carbons (Fsp3) is 0.833. The number of aliphatic hydroxyl groups excluding tert-OH is 1. The first-order valence-electron chi connectivity index (χ1n) is 2.91. The summed E-state index contributed by atoms with van der Waals surface area (Å²) in [6, 6.07) is 0. The summed E-state index contributed by atoms with van der Waals surface area (Å²) in [5.74, 6) is 0. The van der Waals surface area contributed by atoms with Crippen LogP contribution < -0.4 is 0 Å². The van der Waals surface area contributed by atoms with Gasteiger partial charge >= 0.3 is 0 Å². The van der Waals surface area contributed by atoms with Crippen LogP contribution in [-0.4, -0.2) is 11.2 Å². The molecule has 1 radical (unpaired) electrons. The molecule has 1 fully saturated rings. The number of aliphatic hydroxyl groups is 1. The molecule has 1 heteroatoms. The van der Waals surface area contributed by atoms with E-state index >= 15 is 0 Å². The van der Waals surface area contributed by atoms with Crippen molar-refractivity contribution in [3.63, 3.8) is 0 Å². The molecule has 1 rings (SSSR count). The molecule has 1 N–H and O–H groups in total. The molecule has 0 aromatic carbocycles. The Morgan fingerprint density at radius 1 is 1.43 bits per heavy atom. The lowest BCUT2D eigenvalue weighted by Crippen LogP contribution is -2.10. The quantitative estimate of drug-likeness (QED) is 0.482. The molecule has 0 aromatic heterocycles. The lowest BCUT2D eigenvalue weighted by Gasteiger charge is -2.14. The minimum absolute atomic E-state index is 0.0891. The molecule has 0 amide bonds. The highest BCUT2D eigenvalue weighted by Gasteiger charge is 2.08. The summed E-state index contributed by atoms with van der Waals surface area (Å²) in [6.45, 7) is 0. The van der Waals surface area contributed by atoms with E-state index in [0.717, 1.165) is 12.8 Å². The van der Waals surface area contributed by atoms with E-state index < -0.39 is 0 Å². The van der Waals surface area contributed by atoms with Gasteiger partial charge in [0.25, 0.3) is 0 Å². The Hall–Kier alpha value is -0.0400. The second-order valence-electron chi connectivity index (χ2n) is 2.09. The molecule has 1 saturated carbocycles. The highest BCUT2D eigenvalue weighted by molar-refractivity contribution is 4.79. The van der Waals surface area contributed by atoms with Crippen LogP contribution in [0.15, 0.2) is 0 Å². The van der Waals surface area contributed by atoms with Gasteiger partial charge < -0.3 is 5.11 Å². The molecule has 0 spiro atoms. The van der Waals surface area contributed by atoms with Gasteiger partial charge in [0, 0.05) is 0 Å². The molecule has 1 atom stereocenters. The molecule has 0 saturated heterocycles. The van der Waals surface area contributed by atoms with Crippen LogP contribution in [0.3, 0.4) is 0 Å². The van der Waals surface area contributed by atoms with Crippen LogP contribution in [0.5, 0.6) is 0 Å². The monoisotopic (exact) mass is 99.1 g/mol. The van der Waals surface area contributed by atoms with Crippen LogP contribution in [0.4, 0.5) is 0 Å². The summed E-state index contributed by atoms with van der Waals surface area (Å²) in [6.07, 6.45) is 6.48. The van der Waals surface area contributed by atoms with Gasteiger partial charge in [0.1, 0.15) is 0 Å². The van der Waals surface area contributed by atoms with E-state index in [0.29, 0.717) is 0 Å². The summed E-state index contributed by atoms with van der Waals surface area (Å²) in [5, 5.41) is 8.85. The van der Waals surface area contributed by atoms with Crippen LogP contribution in [0.1, 0.15) is 25.7 Å². The van der Waals surface area contributed by atoms with Gasteiger partial charge in [-0.25, -0.2) is 0 Å². The molecule has 41 valence electrons. The molecule has 0 unspecified atom stereocenters. The average Bonchev–Trinajstić information content (AvgIpc) is 1.69. The Morgan fingerprint density at radius 3 is 2.57 bits per heavy atom. The fourth-order valence-corrected chi connectivity index (χ4v) is 0.926. The van der Waals surface area contributed by atoms with Gasteiger partial charge in [-0.2, -0.15) is 0 Å². The van der Waals surface area contributed by atoms with Gasteiger partial charge in [-0.05, 0) is 19.3 Å². The van der Waals surface area contributed by atoms with E-state index in [4.69, 9.17) is 5.11 Å². The van der Waals surface area contributed by atoms with Crippen molar-refractivity contribution < 1.29 is 5.11 Å². The average molecular weight is 99.2 g/mol. The van der Waals surface area contributed by atoms with Crippen molar-refractivity contribution >= 4 is 0 Å². The summed E-state index contributed by atoms with van der Waals surface area (Å²) in [4.78, 5) is 0. The maximum absolute atomic E-state index is 8.85. The molecule has 7 heavy (non-hydrogen) atoms. The van der Waals surface area contributed by atoms with Gasteiger partial charge in [-0.3, -0.25) is 0 Å². The molecule has 1 aliphatic carbocycles. The van der Waals surface area contributed by atoms with Crippen LogP contribution in [0.2, 0.25) is 0 Å². The maximum Gasteiger partial charge on any atom is 0.0572 e. The Labute approximate surface area is 44.4 Å². The summed E-state index contributed by atoms with van der Waals surface area (Å²) in [7, 11) is 0. The van der Waals surface area contributed by atoms with Crippen LogP contribution in [0.25, 0.3) is 0 Å². The smallest absolute Gasteiger partial charge is 0.0572 e. The first-order chi connectivity index (χ1) is 3.39. The molecule has 0 aliphatic heterocycles. The minimum atomic E-state index is -0.0891. The van der Waals surface area contributed by atoms with Crippen molar-refractivity contribution in [2.75, 3.05) is 0 Å². The second-order valence-corrected chi connectivity index (χ2v) is 2.09. The number of hydrogen-bond donors (Lipinski definition) is 1. The lowest BCUT2D eigenvalue weighted by atomic mass is 9.98. The Balaban J connectivity index is 2.12. The number of hydrogen-bond acceptors (Lipinski definition) is 1. The normalized spacial score (nSPS) is 25.3. The van der Waals surface area contributed by atoms with E-state index in [1.807, 2.05) is 6.42 Å². The Morgan fingerprint density at radius 2 is 2.29 bits per heavy atom. The fourth-order valence-electron chi connectivity index (χ4n) is 0.926. The first-order valence-corrected chi connectivity index (χ1v) is 2.91. The third kappa shape index (κ3) is 1.48. The molecule has 0 bridgehead atoms. The highest BCUT2D eigenvalue weighted by atomic mass is 16.3. The van der Waals surface area contributed by atoms with Crippen molar-refractivity contribution in [2.45, 2.75) is 31.8 Å². The highest BCUT2D eigenvalue weighted by Crippen LogP contribution is 2.15. The predicted molar refractivity (Wildman–Crippen MR) is 28.8 cm³/mol. The standard InChI is InChI=1S/C6H11O/c7-6-4-2-1-3-5-6/h4,6-7H,1-3,5H2/t6-/m0/s1. The topological polar surface area (TPSA) is 20.2 Å². The van der Waals surface area contributed by atoms with Gasteiger partial charge in [0.15, 0.2) is 0 Å². The van der Waals surface area contributed by atoms with E-state index in [1.54, 1.807) is 0 Å². The first kappa shape index (κ1) is 5.10. The van der Waals surface area contributed by atoms with Crippen molar-refractivity contribution in [1.82, 2.24) is 0 Å². The molecule has 0 aromatic rings. The number of rotatable bonds is 0. The van der Waals surface area contributed by atoms with Crippen molar-refractivity contribution in [3.05, 3.63) is 6.42 Å². The van der Waals surface area contributed by atoms with E-state index in [9.17, 15) is 0 Å². The van der Waals surface area contributed by atoms with Gasteiger partial charge in [-0.15, -0.1) is 0 Å². The Kier molecular flexibility index (Phi) is 1.69. The van der Waals surface area contributed by atoms with Gasteiger partial charge in [0.05, 0.1) is 6.10 Å². The lowest BCUT2D eigenvalue weighted by molar-refractivity contribution is 0.174. The zero-order valence-electron chi connectivity index (χ0n) is 4.43. The van der Waals surface area contributed by atoms with Gasteiger partial charge in [-0.1, -0.05) is 12.8 Å². The summed E-state index contributed by atoms with van der Waals surface area (Å²) < 4.78 is 0. The van der Waals surface area contributed by atoms with Gasteiger partial charge in [0.2, 0.25) is 0 Å². The maximum atomic E-state index is 8.85. The van der Waals surface area contributed by atoms with Crippen LogP contribution in [-0.2, 0) is 0 Å². The third-order valence-electron chi connectivity index (χ3n) is 1.39. The second kappa shape index (κ2) is 2.31. The summed E-state index contributed by atoms with van der Waals surface area (Å²) in [5.41, 5.74) is 0. The largest absolute Gasteiger partial charge is 0.393 e. The van der Waals surface area contributed by atoms with Crippen molar-refractivity contribution in [3.8, 4) is 0 Å². The Bertz CT molecular complexity index is 46.1. The van der Waals surface area contributed by atoms with Crippen molar-refractivity contribution in [1.29, 1.82) is 0 Å². The summed E-state index contributed by atoms with van der Waals surface area (Å²) >= 11 is 0. The van der Waals surface area contributed by atoms with Crippen molar-refractivity contribution in [2.24, 2.45) is 0 Å². The zero-order chi connectivity index (χ0) is 5.11. The third-order valence-corrected chi connectivity index (χ3v) is 1.39. The molecular formula is C6H11O. The minimum Gasteiger partial charge on any atom is -0.393 e. The van der Waals surface area contributed by atoms with E-state index in [1.165, 1.54) is 12.8 Å². The van der Waals surface area contributed by atoms with E-state index in [-0.39, 0.29) is 6.10 Å².